The largest absolute Gasteiger partial charge is 0.419 e. The predicted octanol–water partition coefficient (Wildman–Crippen LogP) is 4.56. The fraction of sp³-hybridized carbons (Fsp3) is 0.200. The number of amides is 1. The van der Waals surface area contributed by atoms with Gasteiger partial charge in [-0.15, -0.1) is 0 Å². The molecule has 4 aromatic rings. The molecule has 0 spiro atoms. The Kier molecular flexibility index (Phi) is 6.72. The first kappa shape index (κ1) is 22.8. The summed E-state index contributed by atoms with van der Waals surface area (Å²) in [5.74, 6) is -0.770. The van der Waals surface area contributed by atoms with Crippen molar-refractivity contribution in [2.24, 2.45) is 0 Å². The molecule has 1 aromatic heterocycles. The van der Waals surface area contributed by atoms with E-state index < -0.39 is 10.7 Å². The third-order valence-corrected chi connectivity index (χ3v) is 5.50. The molecule has 4 rings (SSSR count). The standard InChI is InChI=1S/C25H24N4O5/c1-27(17-18-6-3-2-4-7-18)20-11-9-19(10-12-20)26-24(30)8-5-15-28-22-14-13-21(29(32)33)16-23(22)34-25(28)31/h2-4,6-7,9-14,16H,5,8,15,17H2,1H3,(H,26,30). The summed E-state index contributed by atoms with van der Waals surface area (Å²) in [7, 11) is 2.01. The first-order valence-corrected chi connectivity index (χ1v) is 10.8. The van der Waals surface area contributed by atoms with E-state index in [1.165, 1.54) is 28.3 Å². The van der Waals surface area contributed by atoms with E-state index in [-0.39, 0.29) is 30.1 Å². The molecule has 0 aliphatic carbocycles. The average Bonchev–Trinajstić information content (AvgIpc) is 3.14. The van der Waals surface area contributed by atoms with Gasteiger partial charge in [-0.1, -0.05) is 30.3 Å². The zero-order valence-corrected chi connectivity index (χ0v) is 18.6. The summed E-state index contributed by atoms with van der Waals surface area (Å²) in [4.78, 5) is 36.9. The zero-order chi connectivity index (χ0) is 24.1. The number of aryl methyl sites for hydroxylation is 1. The van der Waals surface area contributed by atoms with Crippen molar-refractivity contribution in [2.45, 2.75) is 25.9 Å². The van der Waals surface area contributed by atoms with Gasteiger partial charge in [0, 0.05) is 44.0 Å². The van der Waals surface area contributed by atoms with Gasteiger partial charge < -0.3 is 14.6 Å². The number of non-ortho nitro benzene ring substituents is 1. The van der Waals surface area contributed by atoms with Gasteiger partial charge in [0.25, 0.3) is 5.69 Å². The fourth-order valence-corrected chi connectivity index (χ4v) is 3.75. The van der Waals surface area contributed by atoms with E-state index in [9.17, 15) is 19.7 Å². The number of aromatic nitrogens is 1. The molecule has 0 saturated heterocycles. The van der Waals surface area contributed by atoms with Crippen LogP contribution in [0.5, 0.6) is 0 Å². The molecule has 0 saturated carbocycles. The van der Waals surface area contributed by atoms with Crippen molar-refractivity contribution in [3.8, 4) is 0 Å². The summed E-state index contributed by atoms with van der Waals surface area (Å²) in [5, 5.41) is 13.8. The molecule has 0 fully saturated rings. The van der Waals surface area contributed by atoms with Gasteiger partial charge in [0.2, 0.25) is 5.91 Å². The Morgan fingerprint density at radius 3 is 2.53 bits per heavy atom. The monoisotopic (exact) mass is 460 g/mol. The van der Waals surface area contributed by atoms with Gasteiger partial charge in [0.05, 0.1) is 16.5 Å². The highest BCUT2D eigenvalue weighted by Gasteiger charge is 2.14. The Labute approximate surface area is 195 Å². The van der Waals surface area contributed by atoms with Crippen LogP contribution < -0.4 is 16.0 Å². The summed E-state index contributed by atoms with van der Waals surface area (Å²) in [6.07, 6.45) is 0.622. The molecule has 9 nitrogen and oxygen atoms in total. The first-order chi connectivity index (χ1) is 16.4. The number of hydrogen-bond donors (Lipinski definition) is 1. The SMILES string of the molecule is CN(Cc1ccccc1)c1ccc(NC(=O)CCCn2c(=O)oc3cc([N+](=O)[O-])ccc32)cc1. The molecule has 1 N–H and O–H groups in total. The zero-order valence-electron chi connectivity index (χ0n) is 18.6. The highest BCUT2D eigenvalue weighted by molar-refractivity contribution is 5.90. The Bertz CT molecular complexity index is 1360. The van der Waals surface area contributed by atoms with Crippen molar-refractivity contribution >= 4 is 34.1 Å². The molecule has 0 radical (unpaired) electrons. The Hall–Kier alpha value is -4.40. The first-order valence-electron chi connectivity index (χ1n) is 10.8. The molecule has 0 unspecified atom stereocenters. The number of oxazole rings is 1. The molecule has 0 aliphatic rings. The number of nitrogens with zero attached hydrogens (tertiary/aromatic N) is 3. The lowest BCUT2D eigenvalue weighted by atomic mass is 10.2. The maximum absolute atomic E-state index is 12.4. The molecule has 0 aliphatic heterocycles. The van der Waals surface area contributed by atoms with Crippen LogP contribution in [0.3, 0.4) is 0 Å². The smallest absolute Gasteiger partial charge is 0.407 e. The molecule has 9 heteroatoms. The van der Waals surface area contributed by atoms with Crippen LogP contribution in [-0.4, -0.2) is 22.4 Å². The molecule has 0 bridgehead atoms. The molecule has 0 atom stereocenters. The van der Waals surface area contributed by atoms with Crippen LogP contribution >= 0.6 is 0 Å². The number of hydrogen-bond acceptors (Lipinski definition) is 6. The average molecular weight is 460 g/mol. The maximum Gasteiger partial charge on any atom is 0.419 e. The third kappa shape index (κ3) is 5.32. The van der Waals surface area contributed by atoms with Gasteiger partial charge in [0.1, 0.15) is 0 Å². The number of fused-ring (bicyclic) bond motifs is 1. The maximum atomic E-state index is 12.4. The van der Waals surface area contributed by atoms with Crippen LogP contribution in [0.15, 0.2) is 82.0 Å². The minimum absolute atomic E-state index is 0.148. The van der Waals surface area contributed by atoms with Gasteiger partial charge >= 0.3 is 5.76 Å². The number of carbonyl (C=O) groups is 1. The topological polar surface area (TPSA) is 111 Å². The molecule has 1 amide bonds. The van der Waals surface area contributed by atoms with E-state index in [1.54, 1.807) is 0 Å². The summed E-state index contributed by atoms with van der Waals surface area (Å²) in [5.41, 5.74) is 3.41. The molecule has 3 aromatic carbocycles. The lowest BCUT2D eigenvalue weighted by molar-refractivity contribution is -0.384. The van der Waals surface area contributed by atoms with Crippen molar-refractivity contribution in [2.75, 3.05) is 17.3 Å². The van der Waals surface area contributed by atoms with Gasteiger partial charge in [-0.25, -0.2) is 4.79 Å². The number of carbonyl (C=O) groups excluding carboxylic acids is 1. The third-order valence-electron chi connectivity index (χ3n) is 5.50. The number of nitrogens with one attached hydrogen (secondary N) is 1. The number of nitro groups is 1. The van der Waals surface area contributed by atoms with Crippen LogP contribution in [0.4, 0.5) is 17.1 Å². The van der Waals surface area contributed by atoms with Crippen LogP contribution in [0.2, 0.25) is 0 Å². The van der Waals surface area contributed by atoms with Crippen LogP contribution in [0, 0.1) is 10.1 Å². The van der Waals surface area contributed by atoms with E-state index in [0.717, 1.165) is 12.2 Å². The lowest BCUT2D eigenvalue weighted by Crippen LogP contribution is -2.17. The number of rotatable bonds is 9. The van der Waals surface area contributed by atoms with Crippen molar-refractivity contribution in [1.29, 1.82) is 0 Å². The fourth-order valence-electron chi connectivity index (χ4n) is 3.75. The number of nitro benzene ring substituents is 1. The van der Waals surface area contributed by atoms with Gasteiger partial charge in [0.15, 0.2) is 5.58 Å². The minimum Gasteiger partial charge on any atom is -0.407 e. The van der Waals surface area contributed by atoms with Crippen molar-refractivity contribution < 1.29 is 14.1 Å². The Morgan fingerprint density at radius 2 is 1.82 bits per heavy atom. The summed E-state index contributed by atoms with van der Waals surface area (Å²) < 4.78 is 6.49. The van der Waals surface area contributed by atoms with E-state index in [2.05, 4.69) is 22.3 Å². The second-order valence-electron chi connectivity index (χ2n) is 7.97. The van der Waals surface area contributed by atoms with E-state index >= 15 is 0 Å². The van der Waals surface area contributed by atoms with Gasteiger partial charge in [-0.3, -0.25) is 19.5 Å². The summed E-state index contributed by atoms with van der Waals surface area (Å²) in [6, 6.07) is 21.8. The van der Waals surface area contributed by atoms with E-state index in [1.807, 2.05) is 49.5 Å². The highest BCUT2D eigenvalue weighted by atomic mass is 16.6. The summed E-state index contributed by atoms with van der Waals surface area (Å²) >= 11 is 0. The normalized spacial score (nSPS) is 10.9. The van der Waals surface area contributed by atoms with Crippen LogP contribution in [0.25, 0.3) is 11.1 Å². The Morgan fingerprint density at radius 1 is 1.09 bits per heavy atom. The van der Waals surface area contributed by atoms with Crippen molar-refractivity contribution in [1.82, 2.24) is 4.57 Å². The van der Waals surface area contributed by atoms with Crippen molar-refractivity contribution in [3.63, 3.8) is 0 Å². The van der Waals surface area contributed by atoms with E-state index in [0.29, 0.717) is 17.6 Å². The second-order valence-corrected chi connectivity index (χ2v) is 7.97. The lowest BCUT2D eigenvalue weighted by Gasteiger charge is -2.19. The highest BCUT2D eigenvalue weighted by Crippen LogP contribution is 2.21. The van der Waals surface area contributed by atoms with Crippen LogP contribution in [0.1, 0.15) is 18.4 Å². The van der Waals surface area contributed by atoms with Crippen LogP contribution in [-0.2, 0) is 17.9 Å². The molecule has 34 heavy (non-hydrogen) atoms. The molecular weight excluding hydrogens is 436 g/mol. The number of benzene rings is 3. The predicted molar refractivity (Wildman–Crippen MR) is 130 cm³/mol. The van der Waals surface area contributed by atoms with Gasteiger partial charge in [-0.2, -0.15) is 0 Å². The Balaban J connectivity index is 1.30. The minimum atomic E-state index is -0.605. The summed E-state index contributed by atoms with van der Waals surface area (Å²) in [6.45, 7) is 1.04. The molecular formula is C25H24N4O5. The number of anilines is 2. The molecule has 174 valence electrons. The van der Waals surface area contributed by atoms with E-state index in [4.69, 9.17) is 4.42 Å². The quantitative estimate of drug-likeness (QED) is 0.290. The second kappa shape index (κ2) is 10.0. The van der Waals surface area contributed by atoms with Gasteiger partial charge in [-0.05, 0) is 42.3 Å². The van der Waals surface area contributed by atoms with Crippen molar-refractivity contribution in [3.05, 3.63) is 99.0 Å². The molecule has 1 heterocycles.